The summed E-state index contributed by atoms with van der Waals surface area (Å²) in [6.45, 7) is 7.12. The Bertz CT molecular complexity index is 758. The highest BCUT2D eigenvalue weighted by atomic mass is 16.4. The van der Waals surface area contributed by atoms with Gasteiger partial charge in [-0.3, -0.25) is 4.68 Å². The molecule has 1 N–H and O–H groups in total. The molecule has 0 amide bonds. The molecule has 2 aromatic heterocycles. The molecule has 1 saturated carbocycles. The molecule has 1 aliphatic carbocycles. The Morgan fingerprint density at radius 1 is 1.35 bits per heavy atom. The van der Waals surface area contributed by atoms with Crippen LogP contribution in [0.25, 0.3) is 0 Å². The number of piperidine rings is 1. The van der Waals surface area contributed by atoms with Gasteiger partial charge < -0.3 is 10.0 Å². The van der Waals surface area contributed by atoms with Gasteiger partial charge in [0, 0.05) is 25.0 Å². The van der Waals surface area contributed by atoms with Gasteiger partial charge in [-0.25, -0.2) is 9.78 Å². The van der Waals surface area contributed by atoms with Crippen LogP contribution in [-0.4, -0.2) is 38.9 Å². The van der Waals surface area contributed by atoms with Gasteiger partial charge >= 0.3 is 5.97 Å². The average Bonchev–Trinajstić information content (AvgIpc) is 2.94. The lowest BCUT2D eigenvalue weighted by Crippen LogP contribution is -2.24. The Labute approximate surface area is 134 Å². The summed E-state index contributed by atoms with van der Waals surface area (Å²) in [6, 6.07) is 4.15. The fraction of sp³-hybridized carbons (Fsp3) is 0.471. The molecule has 6 heteroatoms. The standard InChI is InChI=1S/C17H20N4O2/c1-10-14-8-20(9-15(10)14)16-4-3-12(11(2)19-16)6-21-7-13(5-18-21)17(22)23/h3-5,7,10,14-15H,6,8-9H2,1-2H3,(H,22,23). The van der Waals surface area contributed by atoms with Crippen molar-refractivity contribution in [2.45, 2.75) is 20.4 Å². The van der Waals surface area contributed by atoms with E-state index in [1.807, 2.05) is 6.92 Å². The van der Waals surface area contributed by atoms with Crippen LogP contribution in [0.15, 0.2) is 24.5 Å². The lowest BCUT2D eigenvalue weighted by molar-refractivity contribution is 0.0697. The van der Waals surface area contributed by atoms with Crippen LogP contribution in [0.4, 0.5) is 5.82 Å². The number of anilines is 1. The molecular formula is C17H20N4O2. The van der Waals surface area contributed by atoms with E-state index < -0.39 is 5.97 Å². The van der Waals surface area contributed by atoms with Crippen molar-refractivity contribution in [2.75, 3.05) is 18.0 Å². The molecule has 1 aliphatic heterocycles. The second-order valence-electron chi connectivity index (χ2n) is 6.74. The highest BCUT2D eigenvalue weighted by Crippen LogP contribution is 2.51. The number of aromatic nitrogens is 3. The number of carboxylic acids is 1. The number of carbonyl (C=O) groups is 1. The van der Waals surface area contributed by atoms with Crippen molar-refractivity contribution in [3.8, 4) is 0 Å². The van der Waals surface area contributed by atoms with E-state index in [9.17, 15) is 4.79 Å². The van der Waals surface area contributed by atoms with Gasteiger partial charge in [-0.15, -0.1) is 0 Å². The summed E-state index contributed by atoms with van der Waals surface area (Å²) in [5.41, 5.74) is 2.24. The van der Waals surface area contributed by atoms with E-state index in [2.05, 4.69) is 29.1 Å². The largest absolute Gasteiger partial charge is 0.478 e. The van der Waals surface area contributed by atoms with Crippen molar-refractivity contribution in [1.82, 2.24) is 14.8 Å². The molecule has 2 aliphatic rings. The normalized spacial score (nSPS) is 25.5. The first-order chi connectivity index (χ1) is 11.0. The Morgan fingerprint density at radius 3 is 2.70 bits per heavy atom. The maximum Gasteiger partial charge on any atom is 0.338 e. The van der Waals surface area contributed by atoms with Gasteiger partial charge in [-0.05, 0) is 36.3 Å². The zero-order valence-electron chi connectivity index (χ0n) is 13.3. The third kappa shape index (κ3) is 2.48. The molecule has 2 aromatic rings. The van der Waals surface area contributed by atoms with Gasteiger partial charge in [0.25, 0.3) is 0 Å². The zero-order chi connectivity index (χ0) is 16.1. The molecule has 0 radical (unpaired) electrons. The quantitative estimate of drug-likeness (QED) is 0.935. The predicted molar refractivity (Wildman–Crippen MR) is 85.6 cm³/mol. The Morgan fingerprint density at radius 2 is 2.09 bits per heavy atom. The van der Waals surface area contributed by atoms with Gasteiger partial charge in [-0.1, -0.05) is 13.0 Å². The summed E-state index contributed by atoms with van der Waals surface area (Å²) in [6.07, 6.45) is 2.92. The minimum Gasteiger partial charge on any atom is -0.478 e. The molecule has 2 atom stereocenters. The number of fused-ring (bicyclic) bond motifs is 1. The van der Waals surface area contributed by atoms with E-state index in [0.717, 1.165) is 47.9 Å². The number of nitrogens with zero attached hydrogens (tertiary/aromatic N) is 4. The monoisotopic (exact) mass is 312 g/mol. The second-order valence-corrected chi connectivity index (χ2v) is 6.74. The number of aryl methyl sites for hydroxylation is 1. The predicted octanol–water partition coefficient (Wildman–Crippen LogP) is 2.04. The highest BCUT2D eigenvalue weighted by molar-refractivity contribution is 5.86. The first-order valence-electron chi connectivity index (χ1n) is 8.00. The third-order valence-corrected chi connectivity index (χ3v) is 5.34. The van der Waals surface area contributed by atoms with E-state index in [0.29, 0.717) is 6.54 Å². The molecule has 4 rings (SSSR count). The summed E-state index contributed by atoms with van der Waals surface area (Å²) in [5, 5.41) is 13.0. The number of hydrogen-bond acceptors (Lipinski definition) is 4. The summed E-state index contributed by atoms with van der Waals surface area (Å²) in [5.74, 6) is 2.70. The fourth-order valence-corrected chi connectivity index (χ4v) is 3.67. The average molecular weight is 312 g/mol. The van der Waals surface area contributed by atoms with Gasteiger partial charge in [0.2, 0.25) is 0 Å². The van der Waals surface area contributed by atoms with Gasteiger partial charge in [0.05, 0.1) is 18.3 Å². The maximum absolute atomic E-state index is 10.9. The van der Waals surface area contributed by atoms with Crippen LogP contribution in [0, 0.1) is 24.7 Å². The van der Waals surface area contributed by atoms with Gasteiger partial charge in [0.1, 0.15) is 5.82 Å². The van der Waals surface area contributed by atoms with E-state index in [4.69, 9.17) is 10.1 Å². The summed E-state index contributed by atoms with van der Waals surface area (Å²) in [7, 11) is 0. The van der Waals surface area contributed by atoms with Crippen molar-refractivity contribution >= 4 is 11.8 Å². The van der Waals surface area contributed by atoms with Crippen molar-refractivity contribution < 1.29 is 9.90 Å². The van der Waals surface area contributed by atoms with Crippen LogP contribution >= 0.6 is 0 Å². The molecule has 6 nitrogen and oxygen atoms in total. The molecule has 0 spiro atoms. The Balaban J connectivity index is 1.48. The number of rotatable bonds is 4. The van der Waals surface area contributed by atoms with E-state index in [-0.39, 0.29) is 5.56 Å². The summed E-state index contributed by atoms with van der Waals surface area (Å²) in [4.78, 5) is 18.0. The Hall–Kier alpha value is -2.37. The molecule has 3 heterocycles. The van der Waals surface area contributed by atoms with Crippen LogP contribution in [-0.2, 0) is 6.54 Å². The van der Waals surface area contributed by atoms with Crippen molar-refractivity contribution in [2.24, 2.45) is 17.8 Å². The molecular weight excluding hydrogens is 292 g/mol. The minimum absolute atomic E-state index is 0.206. The van der Waals surface area contributed by atoms with Gasteiger partial charge in [-0.2, -0.15) is 5.10 Å². The summed E-state index contributed by atoms with van der Waals surface area (Å²) < 4.78 is 1.64. The molecule has 0 aromatic carbocycles. The number of carboxylic acid groups (broad SMARTS) is 1. The van der Waals surface area contributed by atoms with Crippen LogP contribution in [0.2, 0.25) is 0 Å². The highest BCUT2D eigenvalue weighted by Gasteiger charge is 2.52. The molecule has 0 bridgehead atoms. The maximum atomic E-state index is 10.9. The molecule has 2 unspecified atom stereocenters. The van der Waals surface area contributed by atoms with Crippen LogP contribution in [0.3, 0.4) is 0 Å². The number of aromatic carboxylic acids is 1. The second kappa shape index (κ2) is 5.08. The SMILES string of the molecule is Cc1nc(N2CC3C(C)C3C2)ccc1Cn1cc(C(=O)O)cn1. The topological polar surface area (TPSA) is 71.2 Å². The molecule has 120 valence electrons. The lowest BCUT2D eigenvalue weighted by Gasteiger charge is -2.21. The first-order valence-corrected chi connectivity index (χ1v) is 8.00. The Kier molecular flexibility index (Phi) is 3.14. The van der Waals surface area contributed by atoms with Crippen LogP contribution < -0.4 is 4.90 Å². The van der Waals surface area contributed by atoms with E-state index in [1.165, 1.54) is 6.20 Å². The van der Waals surface area contributed by atoms with E-state index in [1.54, 1.807) is 10.9 Å². The van der Waals surface area contributed by atoms with Crippen LogP contribution in [0.1, 0.15) is 28.5 Å². The smallest absolute Gasteiger partial charge is 0.338 e. The summed E-state index contributed by atoms with van der Waals surface area (Å²) >= 11 is 0. The lowest BCUT2D eigenvalue weighted by atomic mass is 10.2. The van der Waals surface area contributed by atoms with Crippen molar-refractivity contribution in [1.29, 1.82) is 0 Å². The number of hydrogen-bond donors (Lipinski definition) is 1. The molecule has 1 saturated heterocycles. The minimum atomic E-state index is -0.955. The third-order valence-electron chi connectivity index (χ3n) is 5.34. The molecule has 23 heavy (non-hydrogen) atoms. The van der Waals surface area contributed by atoms with E-state index >= 15 is 0 Å². The fourth-order valence-electron chi connectivity index (χ4n) is 3.67. The number of pyridine rings is 1. The van der Waals surface area contributed by atoms with Crippen LogP contribution in [0.5, 0.6) is 0 Å². The molecule has 2 fully saturated rings. The van der Waals surface area contributed by atoms with Crippen molar-refractivity contribution in [3.05, 3.63) is 41.3 Å². The first kappa shape index (κ1) is 14.2. The van der Waals surface area contributed by atoms with Crippen molar-refractivity contribution in [3.63, 3.8) is 0 Å². The van der Waals surface area contributed by atoms with Gasteiger partial charge in [0.15, 0.2) is 0 Å². The zero-order valence-corrected chi connectivity index (χ0v) is 13.3.